The number of carbonyl (C=O) groups excluding carboxylic acids is 1. The number of nitrogens with zero attached hydrogens (tertiary/aromatic N) is 6. The number of aromatic amines is 1. The number of piperidine rings is 1. The highest BCUT2D eigenvalue weighted by Crippen LogP contribution is 2.27. The maximum Gasteiger partial charge on any atom is 0.274 e. The minimum Gasteiger partial charge on any atom is -0.347 e. The lowest BCUT2D eigenvalue weighted by Crippen LogP contribution is -2.40. The summed E-state index contributed by atoms with van der Waals surface area (Å²) in [4.78, 5) is 49.0. The number of aryl methyl sites for hydroxylation is 1. The predicted octanol–water partition coefficient (Wildman–Crippen LogP) is 1.50. The highest BCUT2D eigenvalue weighted by molar-refractivity contribution is 5.92. The van der Waals surface area contributed by atoms with Gasteiger partial charge in [0.1, 0.15) is 5.69 Å². The molecular weight excluding hydrogens is 370 g/mol. The van der Waals surface area contributed by atoms with Gasteiger partial charge in [-0.05, 0) is 25.8 Å². The Labute approximate surface area is 167 Å². The third-order valence-electron chi connectivity index (χ3n) is 5.15. The number of nitrogens with one attached hydrogen (secondary N) is 1. The molecule has 0 bridgehead atoms. The lowest BCUT2D eigenvalue weighted by molar-refractivity contribution is 0.0699. The second-order valence-corrected chi connectivity index (χ2v) is 7.55. The third-order valence-corrected chi connectivity index (χ3v) is 5.15. The summed E-state index contributed by atoms with van der Waals surface area (Å²) in [7, 11) is 3.71. The highest BCUT2D eigenvalue weighted by Gasteiger charge is 2.27. The van der Waals surface area contributed by atoms with E-state index in [-0.39, 0.29) is 17.4 Å². The van der Waals surface area contributed by atoms with Crippen molar-refractivity contribution >= 4 is 22.8 Å². The molecule has 150 valence electrons. The minimum absolute atomic E-state index is 0.0287. The Hall–Kier alpha value is -3.36. The lowest BCUT2D eigenvalue weighted by Gasteiger charge is -2.32. The Morgan fingerprint density at radius 3 is 2.76 bits per heavy atom. The Morgan fingerprint density at radius 2 is 2.03 bits per heavy atom. The predicted molar refractivity (Wildman–Crippen MR) is 109 cm³/mol. The van der Waals surface area contributed by atoms with Gasteiger partial charge in [-0.25, -0.2) is 15.0 Å². The molecule has 0 aromatic carbocycles. The summed E-state index contributed by atoms with van der Waals surface area (Å²) in [5, 5.41) is 0.457. The molecule has 0 spiro atoms. The normalized spacial score (nSPS) is 16.8. The fraction of sp³-hybridized carbons (Fsp3) is 0.400. The molecule has 4 heterocycles. The highest BCUT2D eigenvalue weighted by atomic mass is 16.2. The van der Waals surface area contributed by atoms with Crippen LogP contribution in [-0.2, 0) is 0 Å². The number of pyridine rings is 1. The van der Waals surface area contributed by atoms with Crippen molar-refractivity contribution in [2.75, 3.05) is 32.1 Å². The largest absolute Gasteiger partial charge is 0.347 e. The molecule has 3 aromatic heterocycles. The van der Waals surface area contributed by atoms with Gasteiger partial charge in [-0.3, -0.25) is 14.6 Å². The van der Waals surface area contributed by atoms with Crippen LogP contribution in [0.5, 0.6) is 0 Å². The number of anilines is 1. The molecule has 1 saturated heterocycles. The van der Waals surface area contributed by atoms with Gasteiger partial charge in [0.05, 0.1) is 22.8 Å². The zero-order valence-corrected chi connectivity index (χ0v) is 16.7. The van der Waals surface area contributed by atoms with Gasteiger partial charge < -0.3 is 14.8 Å². The van der Waals surface area contributed by atoms with Crippen LogP contribution in [0.2, 0.25) is 0 Å². The molecule has 0 unspecified atom stereocenters. The molecule has 1 aliphatic rings. The fourth-order valence-corrected chi connectivity index (χ4v) is 3.57. The molecule has 9 heteroatoms. The van der Waals surface area contributed by atoms with Crippen molar-refractivity contribution in [2.45, 2.75) is 25.7 Å². The van der Waals surface area contributed by atoms with Crippen molar-refractivity contribution in [3.8, 4) is 0 Å². The van der Waals surface area contributed by atoms with Crippen LogP contribution in [-0.4, -0.2) is 62.9 Å². The van der Waals surface area contributed by atoms with E-state index >= 15 is 0 Å². The minimum atomic E-state index is -0.212. The van der Waals surface area contributed by atoms with Crippen molar-refractivity contribution in [3.63, 3.8) is 0 Å². The number of fused-ring (bicyclic) bond motifs is 1. The van der Waals surface area contributed by atoms with Crippen LogP contribution >= 0.6 is 0 Å². The van der Waals surface area contributed by atoms with Gasteiger partial charge in [0.25, 0.3) is 11.5 Å². The first kappa shape index (κ1) is 19.0. The quantitative estimate of drug-likeness (QED) is 0.718. The zero-order valence-electron chi connectivity index (χ0n) is 16.7. The Kier molecular flexibility index (Phi) is 4.96. The van der Waals surface area contributed by atoms with Gasteiger partial charge in [-0.2, -0.15) is 0 Å². The van der Waals surface area contributed by atoms with E-state index < -0.39 is 0 Å². The molecule has 4 rings (SSSR count). The number of carbonyl (C=O) groups is 1. The second-order valence-electron chi connectivity index (χ2n) is 7.55. The standard InChI is InChI=1S/C20H23N7O2/c1-12-8-22-17(10-21-12)19(29)27-6-4-5-13(11-27)15-7-16-14(18(28)24-15)9-23-20(25-16)26(2)3/h7-10,13H,4-6,11H2,1-3H3,(H,24,28)/t13-/m1/s1. The number of H-pyrrole nitrogens is 1. The third kappa shape index (κ3) is 3.80. The van der Waals surface area contributed by atoms with Crippen molar-refractivity contribution in [1.29, 1.82) is 0 Å². The second kappa shape index (κ2) is 7.57. The number of hydrogen-bond donors (Lipinski definition) is 1. The van der Waals surface area contributed by atoms with Crippen LogP contribution in [0.4, 0.5) is 5.95 Å². The Morgan fingerprint density at radius 1 is 1.21 bits per heavy atom. The lowest BCUT2D eigenvalue weighted by atomic mass is 9.93. The molecule has 9 nitrogen and oxygen atoms in total. The maximum absolute atomic E-state index is 12.8. The summed E-state index contributed by atoms with van der Waals surface area (Å²) in [5.41, 5.74) is 2.29. The number of amides is 1. The van der Waals surface area contributed by atoms with E-state index in [2.05, 4.69) is 24.9 Å². The van der Waals surface area contributed by atoms with E-state index in [0.717, 1.165) is 24.2 Å². The molecule has 0 saturated carbocycles. The molecule has 1 amide bonds. The van der Waals surface area contributed by atoms with Crippen molar-refractivity contribution in [2.24, 2.45) is 0 Å². The summed E-state index contributed by atoms with van der Waals surface area (Å²) < 4.78 is 0. The van der Waals surface area contributed by atoms with Crippen LogP contribution in [0, 0.1) is 6.92 Å². The Bertz CT molecular complexity index is 1110. The van der Waals surface area contributed by atoms with E-state index in [1.54, 1.807) is 22.2 Å². The van der Waals surface area contributed by atoms with Crippen molar-refractivity contribution in [3.05, 3.63) is 52.1 Å². The molecule has 1 N–H and O–H groups in total. The number of aromatic nitrogens is 5. The number of hydrogen-bond acceptors (Lipinski definition) is 7. The van der Waals surface area contributed by atoms with Crippen molar-refractivity contribution < 1.29 is 4.79 Å². The summed E-state index contributed by atoms with van der Waals surface area (Å²) in [6.45, 7) is 3.01. The fourth-order valence-electron chi connectivity index (χ4n) is 3.57. The van der Waals surface area contributed by atoms with E-state index in [4.69, 9.17) is 0 Å². The maximum atomic E-state index is 12.8. The molecule has 1 atom stereocenters. The topological polar surface area (TPSA) is 108 Å². The molecule has 29 heavy (non-hydrogen) atoms. The number of rotatable bonds is 3. The first-order valence-electron chi connectivity index (χ1n) is 9.57. The number of likely N-dealkylation sites (tertiary alicyclic amines) is 1. The Balaban J connectivity index is 1.62. The van der Waals surface area contributed by atoms with Crippen molar-refractivity contribution in [1.82, 2.24) is 29.8 Å². The van der Waals surface area contributed by atoms with Crippen LogP contribution < -0.4 is 10.5 Å². The van der Waals surface area contributed by atoms with E-state index in [1.807, 2.05) is 27.1 Å². The van der Waals surface area contributed by atoms with E-state index in [9.17, 15) is 9.59 Å². The van der Waals surface area contributed by atoms with Gasteiger partial charge in [-0.15, -0.1) is 0 Å². The summed E-state index contributed by atoms with van der Waals surface area (Å²) in [6, 6.07) is 1.90. The van der Waals surface area contributed by atoms with E-state index in [1.165, 1.54) is 6.20 Å². The molecular formula is C20H23N7O2. The van der Waals surface area contributed by atoms with Gasteiger partial charge in [0.15, 0.2) is 0 Å². The van der Waals surface area contributed by atoms with Gasteiger partial charge >= 0.3 is 0 Å². The zero-order chi connectivity index (χ0) is 20.5. The van der Waals surface area contributed by atoms with Gasteiger partial charge in [0, 0.05) is 51.2 Å². The van der Waals surface area contributed by atoms with E-state index in [0.29, 0.717) is 35.6 Å². The van der Waals surface area contributed by atoms with Crippen LogP contribution in [0.1, 0.15) is 40.6 Å². The summed E-state index contributed by atoms with van der Waals surface area (Å²) >= 11 is 0. The summed E-state index contributed by atoms with van der Waals surface area (Å²) in [6.07, 6.45) is 6.39. The smallest absolute Gasteiger partial charge is 0.274 e. The average molecular weight is 393 g/mol. The average Bonchev–Trinajstić information content (AvgIpc) is 2.73. The molecule has 3 aromatic rings. The van der Waals surface area contributed by atoms with Gasteiger partial charge in [-0.1, -0.05) is 0 Å². The molecule has 0 aliphatic carbocycles. The first-order chi connectivity index (χ1) is 13.9. The van der Waals surface area contributed by atoms with Crippen LogP contribution in [0.3, 0.4) is 0 Å². The molecule has 1 fully saturated rings. The van der Waals surface area contributed by atoms with Crippen LogP contribution in [0.25, 0.3) is 10.9 Å². The molecule has 1 aliphatic heterocycles. The SMILES string of the molecule is Cc1cnc(C(=O)N2CCC[C@@H](c3cc4nc(N(C)C)ncc4c(=O)[nH]3)C2)cn1. The van der Waals surface area contributed by atoms with Gasteiger partial charge in [0.2, 0.25) is 5.95 Å². The monoisotopic (exact) mass is 393 g/mol. The van der Waals surface area contributed by atoms with Crippen LogP contribution in [0.15, 0.2) is 29.5 Å². The molecule has 0 radical (unpaired) electrons. The summed E-state index contributed by atoms with van der Waals surface area (Å²) in [5.74, 6) is 0.441. The first-order valence-corrected chi connectivity index (χ1v) is 9.57.